The van der Waals surface area contributed by atoms with Gasteiger partial charge in [0, 0.05) is 12.7 Å². The Morgan fingerprint density at radius 1 is 1.44 bits per heavy atom. The molecule has 1 aromatic heterocycles. The minimum Gasteiger partial charge on any atom is -0.396 e. The molecule has 0 unspecified atom stereocenters. The van der Waals surface area contributed by atoms with E-state index in [4.69, 9.17) is 5.73 Å². The van der Waals surface area contributed by atoms with Gasteiger partial charge in [-0.1, -0.05) is 24.3 Å². The fourth-order valence-corrected chi connectivity index (χ4v) is 1.67. The summed E-state index contributed by atoms with van der Waals surface area (Å²) in [6.45, 7) is 2.74. The van der Waals surface area contributed by atoms with Crippen LogP contribution in [0.15, 0.2) is 36.7 Å². The summed E-state index contributed by atoms with van der Waals surface area (Å²) < 4.78 is 1.52. The van der Waals surface area contributed by atoms with Crippen LogP contribution in [0.4, 0.5) is 5.69 Å². The highest BCUT2D eigenvalue weighted by atomic mass is 16.2. The highest BCUT2D eigenvalue weighted by Crippen LogP contribution is 2.06. The van der Waals surface area contributed by atoms with Crippen LogP contribution in [0.1, 0.15) is 11.1 Å². The number of carbonyl (C=O) groups excluding carboxylic acids is 1. The van der Waals surface area contributed by atoms with Crippen molar-refractivity contribution in [3.8, 4) is 0 Å². The van der Waals surface area contributed by atoms with E-state index in [1.165, 1.54) is 16.4 Å². The second kappa shape index (κ2) is 5.35. The highest BCUT2D eigenvalue weighted by molar-refractivity contribution is 5.75. The predicted octanol–water partition coefficient (Wildman–Crippen LogP) is 1.09. The van der Waals surface area contributed by atoms with Crippen molar-refractivity contribution in [1.29, 1.82) is 0 Å². The second-order valence-electron chi connectivity index (χ2n) is 4.17. The molecule has 5 nitrogen and oxygen atoms in total. The molecule has 1 heterocycles. The fourth-order valence-electron chi connectivity index (χ4n) is 1.67. The lowest BCUT2D eigenvalue weighted by molar-refractivity contribution is -0.122. The lowest BCUT2D eigenvalue weighted by atomic mass is 10.1. The van der Waals surface area contributed by atoms with Crippen molar-refractivity contribution in [2.24, 2.45) is 0 Å². The van der Waals surface area contributed by atoms with E-state index in [1.54, 1.807) is 6.20 Å². The van der Waals surface area contributed by atoms with E-state index < -0.39 is 0 Å². The number of aromatic nitrogens is 2. The van der Waals surface area contributed by atoms with Crippen LogP contribution in [0.3, 0.4) is 0 Å². The number of carbonyl (C=O) groups is 1. The van der Waals surface area contributed by atoms with Gasteiger partial charge in [0.25, 0.3) is 0 Å². The third-order valence-corrected chi connectivity index (χ3v) is 2.70. The number of nitrogen functional groups attached to an aromatic ring is 1. The molecule has 0 bridgehead atoms. The lowest BCUT2D eigenvalue weighted by Gasteiger charge is -2.07. The Bertz CT molecular complexity index is 547. The van der Waals surface area contributed by atoms with E-state index in [1.807, 2.05) is 31.2 Å². The number of anilines is 1. The summed E-state index contributed by atoms with van der Waals surface area (Å²) >= 11 is 0. The molecule has 18 heavy (non-hydrogen) atoms. The quantitative estimate of drug-likeness (QED) is 0.845. The van der Waals surface area contributed by atoms with Crippen LogP contribution in [0.5, 0.6) is 0 Å². The van der Waals surface area contributed by atoms with Crippen LogP contribution in [0.2, 0.25) is 0 Å². The van der Waals surface area contributed by atoms with Gasteiger partial charge in [0.2, 0.25) is 5.91 Å². The SMILES string of the molecule is Cc1ccccc1CNC(=O)Cn1cc(N)cn1. The lowest BCUT2D eigenvalue weighted by Crippen LogP contribution is -2.27. The smallest absolute Gasteiger partial charge is 0.241 e. The summed E-state index contributed by atoms with van der Waals surface area (Å²) in [4.78, 5) is 11.7. The van der Waals surface area contributed by atoms with E-state index in [2.05, 4.69) is 10.4 Å². The molecule has 0 atom stereocenters. The van der Waals surface area contributed by atoms with Gasteiger partial charge in [-0.3, -0.25) is 9.48 Å². The van der Waals surface area contributed by atoms with Crippen LogP contribution in [-0.2, 0) is 17.9 Å². The molecule has 0 radical (unpaired) electrons. The number of amides is 1. The molecule has 0 aliphatic carbocycles. The average molecular weight is 244 g/mol. The average Bonchev–Trinajstić information content (AvgIpc) is 2.74. The number of aryl methyl sites for hydroxylation is 1. The molecule has 94 valence electrons. The minimum absolute atomic E-state index is 0.0821. The Morgan fingerprint density at radius 2 is 2.22 bits per heavy atom. The summed E-state index contributed by atoms with van der Waals surface area (Å²) in [5, 5.41) is 6.82. The maximum Gasteiger partial charge on any atom is 0.241 e. The van der Waals surface area contributed by atoms with Crippen LogP contribution in [-0.4, -0.2) is 15.7 Å². The fraction of sp³-hybridized carbons (Fsp3) is 0.231. The van der Waals surface area contributed by atoms with Crippen LogP contribution >= 0.6 is 0 Å². The molecule has 0 aliphatic rings. The summed E-state index contributed by atoms with van der Waals surface area (Å²) in [5.41, 5.74) is 8.37. The molecule has 0 spiro atoms. The number of nitrogens with two attached hydrogens (primary N) is 1. The zero-order valence-corrected chi connectivity index (χ0v) is 10.3. The minimum atomic E-state index is -0.0821. The molecule has 1 amide bonds. The second-order valence-corrected chi connectivity index (χ2v) is 4.17. The van der Waals surface area contributed by atoms with Gasteiger partial charge in [0.1, 0.15) is 6.54 Å². The summed E-state index contributed by atoms with van der Waals surface area (Å²) in [5.74, 6) is -0.0821. The summed E-state index contributed by atoms with van der Waals surface area (Å²) in [6, 6.07) is 7.97. The van der Waals surface area contributed by atoms with Crippen molar-refractivity contribution in [3.05, 3.63) is 47.8 Å². The molecule has 0 saturated carbocycles. The van der Waals surface area contributed by atoms with Crippen molar-refractivity contribution in [1.82, 2.24) is 15.1 Å². The Morgan fingerprint density at radius 3 is 2.89 bits per heavy atom. The van der Waals surface area contributed by atoms with E-state index in [0.717, 1.165) is 5.56 Å². The van der Waals surface area contributed by atoms with Gasteiger partial charge < -0.3 is 11.1 Å². The van der Waals surface area contributed by atoms with Gasteiger partial charge in [0.15, 0.2) is 0 Å². The van der Waals surface area contributed by atoms with Gasteiger partial charge in [-0.2, -0.15) is 5.10 Å². The number of hydrogen-bond donors (Lipinski definition) is 2. The van der Waals surface area contributed by atoms with Gasteiger partial charge in [-0.15, -0.1) is 0 Å². The van der Waals surface area contributed by atoms with E-state index in [9.17, 15) is 4.79 Å². The number of rotatable bonds is 4. The number of benzene rings is 1. The normalized spacial score (nSPS) is 10.3. The molecule has 3 N–H and O–H groups in total. The van der Waals surface area contributed by atoms with Crippen molar-refractivity contribution < 1.29 is 4.79 Å². The Labute approximate surface area is 106 Å². The first-order chi connectivity index (χ1) is 8.65. The van der Waals surface area contributed by atoms with Gasteiger partial charge in [-0.25, -0.2) is 0 Å². The van der Waals surface area contributed by atoms with E-state index in [-0.39, 0.29) is 12.5 Å². The van der Waals surface area contributed by atoms with Crippen molar-refractivity contribution in [2.45, 2.75) is 20.0 Å². The third kappa shape index (κ3) is 3.10. The molecular weight excluding hydrogens is 228 g/mol. The van der Waals surface area contributed by atoms with Crippen LogP contribution < -0.4 is 11.1 Å². The van der Waals surface area contributed by atoms with E-state index in [0.29, 0.717) is 12.2 Å². The monoisotopic (exact) mass is 244 g/mol. The maximum atomic E-state index is 11.7. The molecule has 1 aromatic carbocycles. The Balaban J connectivity index is 1.87. The van der Waals surface area contributed by atoms with Crippen molar-refractivity contribution in [3.63, 3.8) is 0 Å². The van der Waals surface area contributed by atoms with Crippen molar-refractivity contribution >= 4 is 11.6 Å². The standard InChI is InChI=1S/C13H16N4O/c1-10-4-2-3-5-11(10)6-15-13(18)9-17-8-12(14)7-16-17/h2-5,7-8H,6,9,14H2,1H3,(H,15,18). The number of nitrogens with zero attached hydrogens (tertiary/aromatic N) is 2. The van der Waals surface area contributed by atoms with Gasteiger partial charge in [-0.05, 0) is 18.1 Å². The third-order valence-electron chi connectivity index (χ3n) is 2.70. The molecular formula is C13H16N4O. The highest BCUT2D eigenvalue weighted by Gasteiger charge is 2.04. The Kier molecular flexibility index (Phi) is 3.62. The maximum absolute atomic E-state index is 11.7. The number of nitrogens with one attached hydrogen (secondary N) is 1. The zero-order chi connectivity index (χ0) is 13.0. The molecule has 2 aromatic rings. The summed E-state index contributed by atoms with van der Waals surface area (Å²) in [7, 11) is 0. The molecule has 0 fully saturated rings. The first-order valence-electron chi connectivity index (χ1n) is 5.74. The van der Waals surface area contributed by atoms with Crippen LogP contribution in [0.25, 0.3) is 0 Å². The predicted molar refractivity (Wildman–Crippen MR) is 69.7 cm³/mol. The topological polar surface area (TPSA) is 72.9 Å². The Hall–Kier alpha value is -2.30. The molecule has 5 heteroatoms. The zero-order valence-electron chi connectivity index (χ0n) is 10.3. The number of hydrogen-bond acceptors (Lipinski definition) is 3. The first kappa shape index (κ1) is 12.2. The summed E-state index contributed by atoms with van der Waals surface area (Å²) in [6.07, 6.45) is 3.15. The first-order valence-corrected chi connectivity index (χ1v) is 5.74. The largest absolute Gasteiger partial charge is 0.396 e. The molecule has 0 aliphatic heterocycles. The van der Waals surface area contributed by atoms with Crippen molar-refractivity contribution in [2.75, 3.05) is 5.73 Å². The molecule has 2 rings (SSSR count). The molecule has 0 saturated heterocycles. The van der Waals surface area contributed by atoms with Gasteiger partial charge in [0.05, 0.1) is 11.9 Å². The van der Waals surface area contributed by atoms with E-state index >= 15 is 0 Å². The van der Waals surface area contributed by atoms with Gasteiger partial charge >= 0.3 is 0 Å². The van der Waals surface area contributed by atoms with Crippen LogP contribution in [0, 0.1) is 6.92 Å².